The van der Waals surface area contributed by atoms with Crippen LogP contribution in [0.25, 0.3) is 0 Å². The van der Waals surface area contributed by atoms with Gasteiger partial charge in [-0.1, -0.05) is 12.2 Å². The Labute approximate surface area is 98.1 Å². The van der Waals surface area contributed by atoms with Gasteiger partial charge >= 0.3 is 12.0 Å². The molecular weight excluding hydrogens is 224 g/mol. The first-order valence-corrected chi connectivity index (χ1v) is 4.91. The molecule has 1 heterocycles. The van der Waals surface area contributed by atoms with E-state index in [1.165, 1.54) is 17.1 Å². The van der Waals surface area contributed by atoms with Crippen molar-refractivity contribution in [2.24, 2.45) is 0 Å². The number of carboxylic acid groups (broad SMARTS) is 1. The lowest BCUT2D eigenvalue weighted by atomic mass is 10.3. The van der Waals surface area contributed by atoms with Gasteiger partial charge in [-0.25, -0.2) is 4.79 Å². The van der Waals surface area contributed by atoms with Crippen molar-refractivity contribution < 1.29 is 14.7 Å². The number of nitrogens with one attached hydrogen (secondary N) is 2. The lowest BCUT2D eigenvalue weighted by molar-refractivity contribution is -0.137. The van der Waals surface area contributed by atoms with Gasteiger partial charge in [0.1, 0.15) is 6.54 Å². The van der Waals surface area contributed by atoms with Crippen LogP contribution in [0.5, 0.6) is 0 Å². The summed E-state index contributed by atoms with van der Waals surface area (Å²) < 4.78 is 1.22. The van der Waals surface area contributed by atoms with E-state index in [0.29, 0.717) is 12.2 Å². The molecule has 0 saturated carbocycles. The highest BCUT2D eigenvalue weighted by atomic mass is 16.4. The van der Waals surface area contributed by atoms with Crippen LogP contribution in [0.4, 0.5) is 10.5 Å². The van der Waals surface area contributed by atoms with Crippen molar-refractivity contribution in [3.05, 3.63) is 24.5 Å². The maximum absolute atomic E-state index is 11.3. The molecule has 0 aliphatic heterocycles. The molecule has 1 aromatic heterocycles. The number of aliphatic carboxylic acids is 1. The van der Waals surface area contributed by atoms with E-state index >= 15 is 0 Å². The third-order valence-corrected chi connectivity index (χ3v) is 1.74. The Morgan fingerprint density at radius 3 is 2.88 bits per heavy atom. The van der Waals surface area contributed by atoms with Gasteiger partial charge in [-0.15, -0.1) is 0 Å². The Balaban J connectivity index is 2.46. The van der Waals surface area contributed by atoms with E-state index in [4.69, 9.17) is 5.11 Å². The maximum atomic E-state index is 11.3. The molecule has 0 aromatic carbocycles. The van der Waals surface area contributed by atoms with Crippen molar-refractivity contribution in [2.45, 2.75) is 13.5 Å². The molecule has 7 heteroatoms. The van der Waals surface area contributed by atoms with E-state index in [0.717, 1.165) is 5.57 Å². The molecule has 3 N–H and O–H groups in total. The minimum Gasteiger partial charge on any atom is -0.480 e. The summed E-state index contributed by atoms with van der Waals surface area (Å²) in [6.45, 7) is 5.59. The van der Waals surface area contributed by atoms with Crippen LogP contribution >= 0.6 is 0 Å². The van der Waals surface area contributed by atoms with Crippen molar-refractivity contribution in [3.8, 4) is 0 Å². The predicted octanol–water partition coefficient (Wildman–Crippen LogP) is 0.665. The zero-order chi connectivity index (χ0) is 12.8. The van der Waals surface area contributed by atoms with Crippen LogP contribution in [0.15, 0.2) is 24.5 Å². The third kappa shape index (κ3) is 4.83. The molecule has 0 aliphatic rings. The fourth-order valence-electron chi connectivity index (χ4n) is 1.06. The summed E-state index contributed by atoms with van der Waals surface area (Å²) in [4.78, 5) is 21.7. The topological polar surface area (TPSA) is 96.3 Å². The monoisotopic (exact) mass is 238 g/mol. The molecule has 7 nitrogen and oxygen atoms in total. The fraction of sp³-hybridized carbons (Fsp3) is 0.300. The van der Waals surface area contributed by atoms with Gasteiger partial charge in [-0.2, -0.15) is 5.10 Å². The summed E-state index contributed by atoms with van der Waals surface area (Å²) in [6, 6.07) is -0.386. The van der Waals surface area contributed by atoms with Crippen molar-refractivity contribution in [2.75, 3.05) is 11.9 Å². The van der Waals surface area contributed by atoms with Crippen LogP contribution in [-0.2, 0) is 11.3 Å². The number of anilines is 1. The number of rotatable bonds is 5. The molecule has 92 valence electrons. The number of hydrogen-bond acceptors (Lipinski definition) is 3. The molecule has 2 amide bonds. The molecule has 0 radical (unpaired) electrons. The Hall–Kier alpha value is -2.31. The quantitative estimate of drug-likeness (QED) is 0.657. The van der Waals surface area contributed by atoms with Gasteiger partial charge in [0.2, 0.25) is 0 Å². The zero-order valence-corrected chi connectivity index (χ0v) is 9.43. The second kappa shape index (κ2) is 5.69. The second-order valence-corrected chi connectivity index (χ2v) is 3.59. The van der Waals surface area contributed by atoms with Crippen molar-refractivity contribution in [1.82, 2.24) is 15.1 Å². The first-order chi connectivity index (χ1) is 7.97. The first kappa shape index (κ1) is 12.8. The summed E-state index contributed by atoms with van der Waals surface area (Å²) in [5.41, 5.74) is 1.27. The molecule has 0 aliphatic carbocycles. The van der Waals surface area contributed by atoms with Crippen LogP contribution in [0.2, 0.25) is 0 Å². The molecule has 1 rings (SSSR count). The number of carboxylic acids is 1. The summed E-state index contributed by atoms with van der Waals surface area (Å²) in [5, 5.41) is 17.4. The molecule has 1 aromatic rings. The van der Waals surface area contributed by atoms with E-state index in [1.807, 2.05) is 0 Å². The van der Waals surface area contributed by atoms with Crippen molar-refractivity contribution in [3.63, 3.8) is 0 Å². The highest BCUT2D eigenvalue weighted by Gasteiger charge is 2.05. The molecule has 0 bridgehead atoms. The number of carbonyl (C=O) groups is 2. The normalized spacial score (nSPS) is 9.71. The van der Waals surface area contributed by atoms with Crippen LogP contribution in [0.3, 0.4) is 0 Å². The predicted molar refractivity (Wildman–Crippen MR) is 61.7 cm³/mol. The van der Waals surface area contributed by atoms with E-state index in [2.05, 4.69) is 22.3 Å². The van der Waals surface area contributed by atoms with Gasteiger partial charge in [0.15, 0.2) is 0 Å². The highest BCUT2D eigenvalue weighted by Crippen LogP contribution is 2.04. The van der Waals surface area contributed by atoms with Crippen LogP contribution in [0, 0.1) is 0 Å². The highest BCUT2D eigenvalue weighted by molar-refractivity contribution is 5.89. The third-order valence-electron chi connectivity index (χ3n) is 1.74. The number of amides is 2. The lowest BCUT2D eigenvalue weighted by Crippen LogP contribution is -2.29. The molecule has 17 heavy (non-hydrogen) atoms. The first-order valence-electron chi connectivity index (χ1n) is 4.91. The molecular formula is C10H14N4O3. The molecule has 0 spiro atoms. The van der Waals surface area contributed by atoms with Gasteiger partial charge in [0.05, 0.1) is 11.9 Å². The molecule has 0 saturated heterocycles. The standard InChI is InChI=1S/C10H14N4O3/c1-7(2)3-11-10(17)13-8-4-12-14(5-8)6-9(15)16/h4-5H,1,3,6H2,2H3,(H,15,16)(H2,11,13,17). The van der Waals surface area contributed by atoms with Crippen molar-refractivity contribution >= 4 is 17.7 Å². The molecule has 0 fully saturated rings. The van der Waals surface area contributed by atoms with E-state index in [1.54, 1.807) is 6.92 Å². The SMILES string of the molecule is C=C(C)CNC(=O)Nc1cnn(CC(=O)O)c1. The fourth-order valence-corrected chi connectivity index (χ4v) is 1.06. The van der Waals surface area contributed by atoms with Crippen molar-refractivity contribution in [1.29, 1.82) is 0 Å². The largest absolute Gasteiger partial charge is 0.480 e. The number of nitrogens with zero attached hydrogens (tertiary/aromatic N) is 2. The summed E-state index contributed by atoms with van der Waals surface area (Å²) in [7, 11) is 0. The van der Waals surface area contributed by atoms with Gasteiger partial charge in [0.25, 0.3) is 0 Å². The lowest BCUT2D eigenvalue weighted by Gasteiger charge is -2.04. The summed E-state index contributed by atoms with van der Waals surface area (Å²) in [6.07, 6.45) is 2.82. The average molecular weight is 238 g/mol. The maximum Gasteiger partial charge on any atom is 0.325 e. The molecule has 0 unspecified atom stereocenters. The van der Waals surface area contributed by atoms with E-state index in [-0.39, 0.29) is 12.6 Å². The van der Waals surface area contributed by atoms with E-state index < -0.39 is 5.97 Å². The molecule has 0 atom stereocenters. The number of carbonyl (C=O) groups excluding carboxylic acids is 1. The second-order valence-electron chi connectivity index (χ2n) is 3.59. The Morgan fingerprint density at radius 1 is 1.59 bits per heavy atom. The Morgan fingerprint density at radius 2 is 2.29 bits per heavy atom. The smallest absolute Gasteiger partial charge is 0.325 e. The summed E-state index contributed by atoms with van der Waals surface area (Å²) >= 11 is 0. The van der Waals surface area contributed by atoms with E-state index in [9.17, 15) is 9.59 Å². The summed E-state index contributed by atoms with van der Waals surface area (Å²) in [5.74, 6) is -0.994. The van der Waals surface area contributed by atoms with Gasteiger partial charge in [-0.05, 0) is 6.92 Å². The number of urea groups is 1. The number of aromatic nitrogens is 2. The zero-order valence-electron chi connectivity index (χ0n) is 9.43. The van der Waals surface area contributed by atoms with Gasteiger partial charge in [-0.3, -0.25) is 9.48 Å². The van der Waals surface area contributed by atoms with Gasteiger partial charge < -0.3 is 15.7 Å². The van der Waals surface area contributed by atoms with Gasteiger partial charge in [0, 0.05) is 12.7 Å². The van der Waals surface area contributed by atoms with Crippen LogP contribution in [0.1, 0.15) is 6.92 Å². The average Bonchev–Trinajstić information content (AvgIpc) is 2.61. The van der Waals surface area contributed by atoms with Crippen LogP contribution < -0.4 is 10.6 Å². The Kier molecular flexibility index (Phi) is 4.27. The number of hydrogen-bond donors (Lipinski definition) is 3. The van der Waals surface area contributed by atoms with Crippen LogP contribution in [-0.4, -0.2) is 33.4 Å². The Bertz CT molecular complexity index is 439. The minimum absolute atomic E-state index is 0.241. The minimum atomic E-state index is -0.994.